The van der Waals surface area contributed by atoms with Gasteiger partial charge in [-0.1, -0.05) is 6.07 Å². The quantitative estimate of drug-likeness (QED) is 0.404. The first-order chi connectivity index (χ1) is 16.4. The van der Waals surface area contributed by atoms with Crippen LogP contribution in [0.1, 0.15) is 33.9 Å². The van der Waals surface area contributed by atoms with Crippen LogP contribution in [-0.2, 0) is 6.61 Å². The maximum atomic E-state index is 13.9. The van der Waals surface area contributed by atoms with Crippen molar-refractivity contribution in [1.82, 2.24) is 20.0 Å². The number of pyridine rings is 1. The number of carboxylic acid groups (broad SMARTS) is 1. The van der Waals surface area contributed by atoms with Gasteiger partial charge in [0.05, 0.1) is 23.7 Å². The second-order valence-electron chi connectivity index (χ2n) is 7.71. The van der Waals surface area contributed by atoms with Crippen LogP contribution in [0.2, 0.25) is 0 Å². The molecule has 0 radical (unpaired) electrons. The van der Waals surface area contributed by atoms with Crippen LogP contribution in [-0.4, -0.2) is 45.3 Å². The minimum Gasteiger partial charge on any atom is -0.485 e. The number of ether oxygens (including phenoxy) is 1. The van der Waals surface area contributed by atoms with E-state index in [2.05, 4.69) is 10.3 Å². The van der Waals surface area contributed by atoms with E-state index in [0.717, 1.165) is 12.1 Å². The molecule has 1 unspecified atom stereocenters. The lowest BCUT2D eigenvalue weighted by atomic mass is 10.2. The fourth-order valence-electron chi connectivity index (χ4n) is 3.51. The molecule has 13 heteroatoms. The number of nitrogens with zero attached hydrogens (tertiary/aromatic N) is 2. The highest BCUT2D eigenvalue weighted by molar-refractivity contribution is 5.95. The molecule has 1 aromatic carbocycles. The van der Waals surface area contributed by atoms with Crippen LogP contribution in [0.5, 0.6) is 5.75 Å². The molecule has 1 atom stereocenters. The van der Waals surface area contributed by atoms with E-state index in [4.69, 9.17) is 9.84 Å². The average Bonchev–Trinajstić information content (AvgIpc) is 3.09. The first kappa shape index (κ1) is 25.7. The van der Waals surface area contributed by atoms with Gasteiger partial charge in [0.2, 0.25) is 0 Å². The molecule has 0 saturated carbocycles. The number of alkyl halides is 3. The summed E-state index contributed by atoms with van der Waals surface area (Å²) in [4.78, 5) is 28.0. The van der Waals surface area contributed by atoms with E-state index in [0.29, 0.717) is 5.69 Å². The molecule has 35 heavy (non-hydrogen) atoms. The maximum absolute atomic E-state index is 13.9. The van der Waals surface area contributed by atoms with E-state index >= 15 is 0 Å². The fraction of sp³-hybridized carbons (Fsp3) is 0.318. The Bertz CT molecular complexity index is 1240. The van der Waals surface area contributed by atoms with Gasteiger partial charge in [0, 0.05) is 12.2 Å². The number of carbonyl (C=O) groups is 2. The molecule has 0 aliphatic heterocycles. The molecule has 2 amide bonds. The summed E-state index contributed by atoms with van der Waals surface area (Å²) in [6.07, 6.45) is -7.80. The van der Waals surface area contributed by atoms with Gasteiger partial charge < -0.3 is 20.5 Å². The van der Waals surface area contributed by atoms with Crippen LogP contribution in [0.4, 0.5) is 26.7 Å². The Morgan fingerprint density at radius 3 is 2.40 bits per heavy atom. The summed E-state index contributed by atoms with van der Waals surface area (Å²) in [5, 5.41) is 12.8. The van der Waals surface area contributed by atoms with Gasteiger partial charge in [-0.15, -0.1) is 0 Å². The SMILES string of the molecule is Cc1nc2c(OCc3c(F)cccc3F)ccc(C)n2c1C(=O)NCC(CC(F)(F)F)NC(=O)O. The van der Waals surface area contributed by atoms with Gasteiger partial charge in [-0.3, -0.25) is 9.20 Å². The second-order valence-corrected chi connectivity index (χ2v) is 7.71. The molecule has 0 saturated heterocycles. The molecule has 8 nitrogen and oxygen atoms in total. The lowest BCUT2D eigenvalue weighted by Gasteiger charge is -2.19. The van der Waals surface area contributed by atoms with Crippen molar-refractivity contribution < 1.29 is 41.4 Å². The van der Waals surface area contributed by atoms with Crippen molar-refractivity contribution in [3.8, 4) is 5.75 Å². The number of benzene rings is 1. The minimum absolute atomic E-state index is 0.0129. The molecule has 3 aromatic rings. The van der Waals surface area contributed by atoms with Crippen LogP contribution in [0.25, 0.3) is 5.65 Å². The summed E-state index contributed by atoms with van der Waals surface area (Å²) < 4.78 is 73.1. The number of halogens is 5. The molecule has 2 aromatic heterocycles. The zero-order chi connectivity index (χ0) is 25.9. The van der Waals surface area contributed by atoms with E-state index < -0.39 is 55.4 Å². The number of aromatic nitrogens is 2. The number of rotatable bonds is 8. The van der Waals surface area contributed by atoms with Gasteiger partial charge in [0.25, 0.3) is 5.91 Å². The van der Waals surface area contributed by atoms with E-state index in [1.54, 1.807) is 18.3 Å². The predicted molar refractivity (Wildman–Crippen MR) is 113 cm³/mol. The number of amides is 2. The number of imidazole rings is 1. The lowest BCUT2D eigenvalue weighted by molar-refractivity contribution is -0.139. The molecule has 0 aliphatic carbocycles. The van der Waals surface area contributed by atoms with E-state index in [-0.39, 0.29) is 28.3 Å². The summed E-state index contributed by atoms with van der Waals surface area (Å²) in [6, 6.07) is 4.85. The van der Waals surface area contributed by atoms with Crippen molar-refractivity contribution in [2.45, 2.75) is 39.1 Å². The number of carbonyl (C=O) groups excluding carboxylic acids is 1. The van der Waals surface area contributed by atoms with E-state index in [1.807, 2.05) is 0 Å². The highest BCUT2D eigenvalue weighted by atomic mass is 19.4. The van der Waals surface area contributed by atoms with Crippen LogP contribution < -0.4 is 15.4 Å². The molecule has 188 valence electrons. The summed E-state index contributed by atoms with van der Waals surface area (Å²) in [5.74, 6) is -2.27. The summed E-state index contributed by atoms with van der Waals surface area (Å²) >= 11 is 0. The third-order valence-electron chi connectivity index (χ3n) is 5.06. The zero-order valence-corrected chi connectivity index (χ0v) is 18.5. The predicted octanol–water partition coefficient (Wildman–Crippen LogP) is 4.13. The van der Waals surface area contributed by atoms with Crippen molar-refractivity contribution in [2.24, 2.45) is 0 Å². The van der Waals surface area contributed by atoms with Crippen molar-refractivity contribution in [2.75, 3.05) is 6.54 Å². The summed E-state index contributed by atoms with van der Waals surface area (Å²) in [6.45, 7) is 2.05. The summed E-state index contributed by atoms with van der Waals surface area (Å²) in [7, 11) is 0. The molecular formula is C22H21F5N4O4. The van der Waals surface area contributed by atoms with Crippen molar-refractivity contribution in [3.05, 3.63) is 64.6 Å². The normalized spacial score (nSPS) is 12.4. The first-order valence-corrected chi connectivity index (χ1v) is 10.3. The topological polar surface area (TPSA) is 105 Å². The zero-order valence-electron chi connectivity index (χ0n) is 18.5. The highest BCUT2D eigenvalue weighted by Gasteiger charge is 2.33. The highest BCUT2D eigenvalue weighted by Crippen LogP contribution is 2.26. The number of fused-ring (bicyclic) bond motifs is 1. The van der Waals surface area contributed by atoms with Gasteiger partial charge in [-0.2, -0.15) is 13.2 Å². The lowest BCUT2D eigenvalue weighted by Crippen LogP contribution is -2.45. The van der Waals surface area contributed by atoms with Gasteiger partial charge >= 0.3 is 12.3 Å². The average molecular weight is 500 g/mol. The number of aryl methyl sites for hydroxylation is 2. The van der Waals surface area contributed by atoms with Gasteiger partial charge in [-0.25, -0.2) is 18.6 Å². The molecule has 0 bridgehead atoms. The molecular weight excluding hydrogens is 479 g/mol. The van der Waals surface area contributed by atoms with Crippen molar-refractivity contribution in [3.63, 3.8) is 0 Å². The smallest absolute Gasteiger partial charge is 0.404 e. The molecule has 3 N–H and O–H groups in total. The number of nitrogens with one attached hydrogen (secondary N) is 2. The Kier molecular flexibility index (Phi) is 7.46. The van der Waals surface area contributed by atoms with Gasteiger partial charge in [0.1, 0.15) is 23.9 Å². The van der Waals surface area contributed by atoms with E-state index in [1.165, 1.54) is 23.5 Å². The fourth-order valence-corrected chi connectivity index (χ4v) is 3.51. The third kappa shape index (κ3) is 6.16. The Labute approximate surface area is 195 Å². The van der Waals surface area contributed by atoms with Gasteiger partial charge in [0.15, 0.2) is 11.4 Å². The largest absolute Gasteiger partial charge is 0.485 e. The van der Waals surface area contributed by atoms with Crippen LogP contribution in [0, 0.1) is 25.5 Å². The third-order valence-corrected chi connectivity index (χ3v) is 5.06. The van der Waals surface area contributed by atoms with Crippen LogP contribution in [0.3, 0.4) is 0 Å². The minimum atomic E-state index is -4.66. The molecule has 2 heterocycles. The molecule has 0 fully saturated rings. The van der Waals surface area contributed by atoms with E-state index in [9.17, 15) is 31.5 Å². The van der Waals surface area contributed by atoms with Crippen molar-refractivity contribution >= 4 is 17.6 Å². The van der Waals surface area contributed by atoms with Crippen LogP contribution >= 0.6 is 0 Å². The number of hydrogen-bond donors (Lipinski definition) is 3. The van der Waals surface area contributed by atoms with Gasteiger partial charge in [-0.05, 0) is 38.1 Å². The second kappa shape index (κ2) is 10.2. The molecule has 3 rings (SSSR count). The van der Waals surface area contributed by atoms with Crippen LogP contribution in [0.15, 0.2) is 30.3 Å². The standard InChI is InChI=1S/C22H21F5N4O4/c1-11-6-7-17(35-10-14-15(23)4-3-5-16(14)24)19-29-12(2)18(31(11)19)20(32)28-9-13(30-21(33)34)8-22(25,26)27/h3-7,13,30H,8-10H2,1-2H3,(H,28,32)(H,33,34). The summed E-state index contributed by atoms with van der Waals surface area (Å²) in [5.41, 5.74) is 0.568. The molecule has 0 spiro atoms. The first-order valence-electron chi connectivity index (χ1n) is 10.3. The Morgan fingerprint density at radius 1 is 1.14 bits per heavy atom. The van der Waals surface area contributed by atoms with Crippen molar-refractivity contribution in [1.29, 1.82) is 0 Å². The monoisotopic (exact) mass is 500 g/mol. The number of hydrogen-bond acceptors (Lipinski definition) is 4. The Balaban J connectivity index is 1.86. The maximum Gasteiger partial charge on any atom is 0.404 e. The molecule has 0 aliphatic rings. The Hall–Kier alpha value is -3.90. The Morgan fingerprint density at radius 2 is 1.80 bits per heavy atom.